The molecule has 1 aliphatic rings. The Balaban J connectivity index is 2.20. The van der Waals surface area contributed by atoms with Crippen LogP contribution in [-0.2, 0) is 15.9 Å². The number of likely N-dealkylation sites (N-methyl/N-ethyl adjacent to an activating group) is 1. The first-order valence-electron chi connectivity index (χ1n) is 7.44. The summed E-state index contributed by atoms with van der Waals surface area (Å²) in [5, 5.41) is 3.39. The summed E-state index contributed by atoms with van der Waals surface area (Å²) in [7, 11) is 1.96. The first-order valence-corrected chi connectivity index (χ1v) is 8.23. The highest BCUT2D eigenvalue weighted by Crippen LogP contribution is 2.32. The Kier molecular flexibility index (Phi) is 6.17. The number of benzene rings is 1. The molecule has 5 heteroatoms. The summed E-state index contributed by atoms with van der Waals surface area (Å²) in [6, 6.07) is 5.02. The third kappa shape index (κ3) is 4.03. The Morgan fingerprint density at radius 3 is 2.71 bits per heavy atom. The smallest absolute Gasteiger partial charge is 0.124 e. The third-order valence-corrected chi connectivity index (χ3v) is 4.93. The van der Waals surface area contributed by atoms with Gasteiger partial charge in [0.1, 0.15) is 5.82 Å². The second-order valence-electron chi connectivity index (χ2n) is 5.39. The third-order valence-electron chi connectivity index (χ3n) is 4.19. The van der Waals surface area contributed by atoms with Crippen LogP contribution < -0.4 is 5.32 Å². The van der Waals surface area contributed by atoms with Gasteiger partial charge in [-0.3, -0.25) is 0 Å². The van der Waals surface area contributed by atoms with Crippen molar-refractivity contribution in [2.24, 2.45) is 0 Å². The molecule has 1 atom stereocenters. The normalized spacial score (nSPS) is 19.4. The second kappa shape index (κ2) is 7.68. The first kappa shape index (κ1) is 16.9. The summed E-state index contributed by atoms with van der Waals surface area (Å²) < 4.78 is 25.7. The molecular weight excluding hydrogens is 337 g/mol. The van der Waals surface area contributed by atoms with Gasteiger partial charge in [0.15, 0.2) is 0 Å². The lowest BCUT2D eigenvalue weighted by Gasteiger charge is -2.43. The average molecular weight is 360 g/mol. The summed E-state index contributed by atoms with van der Waals surface area (Å²) in [4.78, 5) is 0. The molecule has 1 fully saturated rings. The van der Waals surface area contributed by atoms with Gasteiger partial charge in [-0.1, -0.05) is 22.0 Å². The standard InChI is InChI=1S/C16H23BrFNO2/c1-3-21-16(6-8-20-9-7-16)15(19-2)10-12-4-5-13(18)11-14(12)17/h4-5,11,15,19H,3,6-10H2,1-2H3. The molecule has 0 amide bonds. The molecule has 118 valence electrons. The van der Waals surface area contributed by atoms with E-state index >= 15 is 0 Å². The van der Waals surface area contributed by atoms with Gasteiger partial charge < -0.3 is 14.8 Å². The topological polar surface area (TPSA) is 30.5 Å². The van der Waals surface area contributed by atoms with Crippen LogP contribution in [0.3, 0.4) is 0 Å². The fraction of sp³-hybridized carbons (Fsp3) is 0.625. The van der Waals surface area contributed by atoms with E-state index in [1.54, 1.807) is 0 Å². The summed E-state index contributed by atoms with van der Waals surface area (Å²) in [6.07, 6.45) is 2.55. The lowest BCUT2D eigenvalue weighted by atomic mass is 9.82. The van der Waals surface area contributed by atoms with Gasteiger partial charge in [-0.05, 0) is 38.1 Å². The zero-order valence-electron chi connectivity index (χ0n) is 12.6. The van der Waals surface area contributed by atoms with Gasteiger partial charge in [-0.2, -0.15) is 0 Å². The van der Waals surface area contributed by atoms with E-state index < -0.39 is 0 Å². The van der Waals surface area contributed by atoms with Crippen molar-refractivity contribution >= 4 is 15.9 Å². The van der Waals surface area contributed by atoms with Crippen molar-refractivity contribution in [1.82, 2.24) is 5.32 Å². The quantitative estimate of drug-likeness (QED) is 0.845. The minimum Gasteiger partial charge on any atom is -0.381 e. The van der Waals surface area contributed by atoms with E-state index in [0.29, 0.717) is 6.61 Å². The Morgan fingerprint density at radius 2 is 2.14 bits per heavy atom. The Morgan fingerprint density at radius 1 is 1.43 bits per heavy atom. The van der Waals surface area contributed by atoms with Gasteiger partial charge in [0.05, 0.1) is 5.60 Å². The highest BCUT2D eigenvalue weighted by molar-refractivity contribution is 9.10. The maximum atomic E-state index is 13.2. The van der Waals surface area contributed by atoms with Gasteiger partial charge in [-0.15, -0.1) is 0 Å². The van der Waals surface area contributed by atoms with E-state index in [1.165, 1.54) is 12.1 Å². The summed E-state index contributed by atoms with van der Waals surface area (Å²) >= 11 is 3.45. The van der Waals surface area contributed by atoms with Crippen molar-refractivity contribution in [3.05, 3.63) is 34.1 Å². The van der Waals surface area contributed by atoms with Crippen molar-refractivity contribution in [1.29, 1.82) is 0 Å². The molecule has 0 bridgehead atoms. The van der Waals surface area contributed by atoms with Gasteiger partial charge in [-0.25, -0.2) is 4.39 Å². The van der Waals surface area contributed by atoms with Crippen LogP contribution in [0.1, 0.15) is 25.3 Å². The molecule has 3 nitrogen and oxygen atoms in total. The van der Waals surface area contributed by atoms with E-state index in [1.807, 2.05) is 20.0 Å². The fourth-order valence-electron chi connectivity index (χ4n) is 3.06. The summed E-state index contributed by atoms with van der Waals surface area (Å²) in [6.45, 7) is 4.16. The van der Waals surface area contributed by atoms with E-state index in [4.69, 9.17) is 9.47 Å². The van der Waals surface area contributed by atoms with Gasteiger partial charge in [0, 0.05) is 43.2 Å². The number of halogens is 2. The predicted molar refractivity (Wildman–Crippen MR) is 85.1 cm³/mol. The second-order valence-corrected chi connectivity index (χ2v) is 6.25. The van der Waals surface area contributed by atoms with E-state index in [2.05, 4.69) is 21.2 Å². The maximum absolute atomic E-state index is 13.2. The van der Waals surface area contributed by atoms with Crippen LogP contribution in [0.15, 0.2) is 22.7 Å². The van der Waals surface area contributed by atoms with Crippen LogP contribution in [0.5, 0.6) is 0 Å². The van der Waals surface area contributed by atoms with Crippen molar-refractivity contribution in [3.8, 4) is 0 Å². The fourth-order valence-corrected chi connectivity index (χ4v) is 3.57. The molecule has 21 heavy (non-hydrogen) atoms. The molecule has 1 unspecified atom stereocenters. The molecule has 1 N–H and O–H groups in total. The zero-order chi connectivity index (χ0) is 15.3. The van der Waals surface area contributed by atoms with Gasteiger partial charge in [0.25, 0.3) is 0 Å². The van der Waals surface area contributed by atoms with Crippen LogP contribution in [0.25, 0.3) is 0 Å². The van der Waals surface area contributed by atoms with Crippen LogP contribution >= 0.6 is 15.9 Å². The molecule has 1 saturated heterocycles. The molecular formula is C16H23BrFNO2. The number of ether oxygens (including phenoxy) is 2. The first-order chi connectivity index (χ1) is 10.1. The molecule has 1 heterocycles. The Bertz CT molecular complexity index is 458. The number of hydrogen-bond acceptors (Lipinski definition) is 3. The van der Waals surface area contributed by atoms with Crippen molar-refractivity contribution in [3.63, 3.8) is 0 Å². The lowest BCUT2D eigenvalue weighted by Crippen LogP contribution is -2.55. The summed E-state index contributed by atoms with van der Waals surface area (Å²) in [5.41, 5.74) is 0.872. The largest absolute Gasteiger partial charge is 0.381 e. The monoisotopic (exact) mass is 359 g/mol. The van der Waals surface area contributed by atoms with Crippen molar-refractivity contribution in [2.75, 3.05) is 26.9 Å². The SMILES string of the molecule is CCOC1(C(Cc2ccc(F)cc2Br)NC)CCOCC1. The van der Waals surface area contributed by atoms with Gasteiger partial charge in [0.2, 0.25) is 0 Å². The Labute approximate surface area is 134 Å². The van der Waals surface area contributed by atoms with Crippen LogP contribution in [0.2, 0.25) is 0 Å². The van der Waals surface area contributed by atoms with Crippen molar-refractivity contribution < 1.29 is 13.9 Å². The van der Waals surface area contributed by atoms with Gasteiger partial charge >= 0.3 is 0 Å². The molecule has 0 saturated carbocycles. The minimum atomic E-state index is -0.225. The summed E-state index contributed by atoms with van der Waals surface area (Å²) in [5.74, 6) is -0.225. The highest BCUT2D eigenvalue weighted by Gasteiger charge is 2.40. The van der Waals surface area contributed by atoms with E-state index in [9.17, 15) is 4.39 Å². The minimum absolute atomic E-state index is 0.170. The molecule has 2 rings (SSSR count). The highest BCUT2D eigenvalue weighted by atomic mass is 79.9. The number of rotatable bonds is 6. The molecule has 0 aliphatic carbocycles. The molecule has 1 aliphatic heterocycles. The molecule has 0 radical (unpaired) electrons. The number of hydrogen-bond donors (Lipinski definition) is 1. The predicted octanol–water partition coefficient (Wildman–Crippen LogP) is 3.30. The molecule has 1 aromatic carbocycles. The molecule has 0 spiro atoms. The Hall–Kier alpha value is -0.490. The van der Waals surface area contributed by atoms with Crippen LogP contribution in [-0.4, -0.2) is 38.5 Å². The van der Waals surface area contributed by atoms with E-state index in [0.717, 1.165) is 42.5 Å². The zero-order valence-corrected chi connectivity index (χ0v) is 14.2. The average Bonchev–Trinajstić information content (AvgIpc) is 2.47. The molecule has 1 aromatic rings. The van der Waals surface area contributed by atoms with Crippen LogP contribution in [0.4, 0.5) is 4.39 Å². The molecule has 0 aromatic heterocycles. The maximum Gasteiger partial charge on any atom is 0.124 e. The lowest BCUT2D eigenvalue weighted by molar-refractivity contribution is -0.125. The van der Waals surface area contributed by atoms with E-state index in [-0.39, 0.29) is 17.5 Å². The van der Waals surface area contributed by atoms with Crippen molar-refractivity contribution in [2.45, 2.75) is 37.8 Å². The number of nitrogens with one attached hydrogen (secondary N) is 1. The van der Waals surface area contributed by atoms with Crippen LogP contribution in [0, 0.1) is 5.82 Å².